The number of pyridine rings is 1. The Morgan fingerprint density at radius 1 is 1.39 bits per heavy atom. The van der Waals surface area contributed by atoms with Gasteiger partial charge in [0.25, 0.3) is 0 Å². The SMILES string of the molecule is CCOc1cccc(C(C)NS(=O)(=O)c2cc(Br)cnc2Cl)c1. The molecule has 0 saturated carbocycles. The number of nitrogens with zero attached hydrogens (tertiary/aromatic N) is 1. The molecule has 1 atom stereocenters. The third-order valence-electron chi connectivity index (χ3n) is 3.06. The molecule has 2 aromatic rings. The summed E-state index contributed by atoms with van der Waals surface area (Å²) in [5.74, 6) is 0.693. The molecule has 124 valence electrons. The van der Waals surface area contributed by atoms with Crippen LogP contribution in [0.5, 0.6) is 5.75 Å². The van der Waals surface area contributed by atoms with Crippen LogP contribution in [0.3, 0.4) is 0 Å². The van der Waals surface area contributed by atoms with Crippen LogP contribution in [0, 0.1) is 0 Å². The summed E-state index contributed by atoms with van der Waals surface area (Å²) in [7, 11) is -3.80. The number of nitrogens with one attached hydrogen (secondary N) is 1. The number of halogens is 2. The summed E-state index contributed by atoms with van der Waals surface area (Å²) in [6, 6.07) is 8.24. The molecule has 0 radical (unpaired) electrons. The highest BCUT2D eigenvalue weighted by atomic mass is 79.9. The van der Waals surface area contributed by atoms with Crippen LogP contribution in [0.2, 0.25) is 5.15 Å². The number of sulfonamides is 1. The molecule has 0 fully saturated rings. The molecule has 1 aromatic heterocycles. The fourth-order valence-electron chi connectivity index (χ4n) is 2.00. The number of benzene rings is 1. The van der Waals surface area contributed by atoms with Crippen molar-refractivity contribution in [3.63, 3.8) is 0 Å². The Bertz CT molecular complexity index is 799. The van der Waals surface area contributed by atoms with Crippen LogP contribution < -0.4 is 9.46 Å². The van der Waals surface area contributed by atoms with Crippen LogP contribution in [0.15, 0.2) is 45.9 Å². The molecule has 5 nitrogen and oxygen atoms in total. The van der Waals surface area contributed by atoms with Crippen molar-refractivity contribution < 1.29 is 13.2 Å². The fraction of sp³-hybridized carbons (Fsp3) is 0.267. The molecule has 0 aliphatic carbocycles. The van der Waals surface area contributed by atoms with Gasteiger partial charge >= 0.3 is 0 Å². The number of rotatable bonds is 6. The predicted octanol–water partition coefficient (Wildman–Crippen LogP) is 3.94. The fourth-order valence-corrected chi connectivity index (χ4v) is 4.17. The Morgan fingerprint density at radius 3 is 2.83 bits per heavy atom. The molecule has 1 unspecified atom stereocenters. The molecule has 0 spiro atoms. The molecule has 8 heteroatoms. The maximum Gasteiger partial charge on any atom is 0.244 e. The van der Waals surface area contributed by atoms with Crippen molar-refractivity contribution in [3.8, 4) is 5.75 Å². The van der Waals surface area contributed by atoms with E-state index in [9.17, 15) is 8.42 Å². The summed E-state index contributed by atoms with van der Waals surface area (Å²) >= 11 is 9.10. The minimum Gasteiger partial charge on any atom is -0.494 e. The van der Waals surface area contributed by atoms with Crippen LogP contribution in [-0.4, -0.2) is 20.0 Å². The minimum atomic E-state index is -3.80. The maximum atomic E-state index is 12.5. The molecule has 0 aliphatic heterocycles. The van der Waals surface area contributed by atoms with Gasteiger partial charge in [-0.3, -0.25) is 0 Å². The van der Waals surface area contributed by atoms with Gasteiger partial charge in [-0.05, 0) is 53.5 Å². The van der Waals surface area contributed by atoms with Gasteiger partial charge in [-0.25, -0.2) is 18.1 Å². The Morgan fingerprint density at radius 2 is 2.13 bits per heavy atom. The monoisotopic (exact) mass is 418 g/mol. The smallest absolute Gasteiger partial charge is 0.244 e. The van der Waals surface area contributed by atoms with Gasteiger partial charge in [-0.1, -0.05) is 23.7 Å². The zero-order valence-electron chi connectivity index (χ0n) is 12.6. The highest BCUT2D eigenvalue weighted by Crippen LogP contribution is 2.25. The van der Waals surface area contributed by atoms with Gasteiger partial charge < -0.3 is 4.74 Å². The molecule has 1 heterocycles. The van der Waals surface area contributed by atoms with Gasteiger partial charge in [-0.2, -0.15) is 0 Å². The lowest BCUT2D eigenvalue weighted by molar-refractivity contribution is 0.339. The Balaban J connectivity index is 2.26. The van der Waals surface area contributed by atoms with Gasteiger partial charge in [0, 0.05) is 16.7 Å². The first-order chi connectivity index (χ1) is 10.8. The van der Waals surface area contributed by atoms with Crippen molar-refractivity contribution in [2.75, 3.05) is 6.61 Å². The zero-order valence-corrected chi connectivity index (χ0v) is 15.7. The molecule has 0 amide bonds. The maximum absolute atomic E-state index is 12.5. The van der Waals surface area contributed by atoms with Crippen molar-refractivity contribution in [3.05, 3.63) is 51.7 Å². The molecular weight excluding hydrogens is 404 g/mol. The van der Waals surface area contributed by atoms with Gasteiger partial charge in [-0.15, -0.1) is 0 Å². The zero-order chi connectivity index (χ0) is 17.0. The minimum absolute atomic E-state index is 0.0682. The summed E-state index contributed by atoms with van der Waals surface area (Å²) in [4.78, 5) is 3.77. The molecule has 0 saturated heterocycles. The second-order valence-corrected chi connectivity index (χ2v) is 7.75. The molecule has 1 aromatic carbocycles. The van der Waals surface area contributed by atoms with Crippen LogP contribution in [0.4, 0.5) is 0 Å². The van der Waals surface area contributed by atoms with Crippen molar-refractivity contribution in [1.82, 2.24) is 9.71 Å². The van der Waals surface area contributed by atoms with E-state index < -0.39 is 16.1 Å². The standard InChI is InChI=1S/C15H16BrClN2O3S/c1-3-22-13-6-4-5-11(7-13)10(2)19-23(20,21)14-8-12(16)9-18-15(14)17/h4-10,19H,3H2,1-2H3. The lowest BCUT2D eigenvalue weighted by atomic mass is 10.1. The molecule has 2 rings (SSSR count). The van der Waals surface area contributed by atoms with Crippen LogP contribution in [-0.2, 0) is 10.0 Å². The highest BCUT2D eigenvalue weighted by molar-refractivity contribution is 9.10. The van der Waals surface area contributed by atoms with E-state index in [1.165, 1.54) is 12.3 Å². The summed E-state index contributed by atoms with van der Waals surface area (Å²) in [5.41, 5.74) is 0.790. The average molecular weight is 420 g/mol. The summed E-state index contributed by atoms with van der Waals surface area (Å²) < 4.78 is 33.6. The normalized spacial score (nSPS) is 12.9. The Hall–Kier alpha value is -1.15. The van der Waals surface area contributed by atoms with E-state index in [0.717, 1.165) is 5.56 Å². The average Bonchev–Trinajstić information content (AvgIpc) is 2.50. The van der Waals surface area contributed by atoms with Crippen molar-refractivity contribution in [2.24, 2.45) is 0 Å². The number of hydrogen-bond donors (Lipinski definition) is 1. The third kappa shape index (κ3) is 4.67. The molecule has 0 bridgehead atoms. The molecular formula is C15H16BrClN2O3S. The number of ether oxygens (including phenoxy) is 1. The van der Waals surface area contributed by atoms with Gasteiger partial charge in [0.05, 0.1) is 6.61 Å². The largest absolute Gasteiger partial charge is 0.494 e. The van der Waals surface area contributed by atoms with Crippen molar-refractivity contribution in [2.45, 2.75) is 24.8 Å². The van der Waals surface area contributed by atoms with Gasteiger partial charge in [0.15, 0.2) is 0 Å². The van der Waals surface area contributed by atoms with Gasteiger partial charge in [0.1, 0.15) is 15.8 Å². The number of hydrogen-bond acceptors (Lipinski definition) is 4. The first-order valence-electron chi connectivity index (χ1n) is 6.89. The van der Waals surface area contributed by atoms with E-state index >= 15 is 0 Å². The van der Waals surface area contributed by atoms with Crippen LogP contribution >= 0.6 is 27.5 Å². The topological polar surface area (TPSA) is 68.3 Å². The second kappa shape index (κ2) is 7.61. The molecule has 23 heavy (non-hydrogen) atoms. The first kappa shape index (κ1) is 18.2. The summed E-state index contributed by atoms with van der Waals surface area (Å²) in [6.45, 7) is 4.19. The highest BCUT2D eigenvalue weighted by Gasteiger charge is 2.22. The van der Waals surface area contributed by atoms with Crippen molar-refractivity contribution in [1.29, 1.82) is 0 Å². The number of aromatic nitrogens is 1. The molecule has 0 aliphatic rings. The van der Waals surface area contributed by atoms with Crippen molar-refractivity contribution >= 4 is 37.6 Å². The summed E-state index contributed by atoms with van der Waals surface area (Å²) in [6.07, 6.45) is 1.44. The quantitative estimate of drug-likeness (QED) is 0.720. The van der Waals surface area contributed by atoms with E-state index in [1.54, 1.807) is 13.0 Å². The second-order valence-electron chi connectivity index (χ2n) is 4.79. The third-order valence-corrected chi connectivity index (χ3v) is 5.47. The summed E-state index contributed by atoms with van der Waals surface area (Å²) in [5, 5.41) is -0.0732. The van der Waals surface area contributed by atoms with Crippen LogP contribution in [0.1, 0.15) is 25.5 Å². The molecule has 1 N–H and O–H groups in total. The van der Waals surface area contributed by atoms with E-state index in [-0.39, 0.29) is 10.0 Å². The van der Waals surface area contributed by atoms with Gasteiger partial charge in [0.2, 0.25) is 10.0 Å². The Labute approximate surface area is 149 Å². The van der Waals surface area contributed by atoms with E-state index in [1.807, 2.05) is 25.1 Å². The van der Waals surface area contributed by atoms with E-state index in [4.69, 9.17) is 16.3 Å². The first-order valence-corrected chi connectivity index (χ1v) is 9.55. The van der Waals surface area contributed by atoms with E-state index in [0.29, 0.717) is 16.8 Å². The lowest BCUT2D eigenvalue weighted by Gasteiger charge is -2.16. The lowest BCUT2D eigenvalue weighted by Crippen LogP contribution is -2.27. The predicted molar refractivity (Wildman–Crippen MR) is 93.3 cm³/mol. The van der Waals surface area contributed by atoms with E-state index in [2.05, 4.69) is 25.6 Å². The Kier molecular flexibility index (Phi) is 6.02. The van der Waals surface area contributed by atoms with Crippen LogP contribution in [0.25, 0.3) is 0 Å².